The number of rotatable bonds is 8. The molecule has 1 amide bonds. The van der Waals surface area contributed by atoms with Gasteiger partial charge in [0.25, 0.3) is 0 Å². The van der Waals surface area contributed by atoms with E-state index in [1.54, 1.807) is 45.0 Å². The minimum atomic E-state index is -4.79. The van der Waals surface area contributed by atoms with Crippen LogP contribution in [0.1, 0.15) is 55.6 Å². The van der Waals surface area contributed by atoms with Crippen LogP contribution in [-0.4, -0.2) is 23.8 Å². The number of alkyl halides is 3. The fourth-order valence-corrected chi connectivity index (χ4v) is 3.69. The molecule has 0 fully saturated rings. The van der Waals surface area contributed by atoms with Crippen molar-refractivity contribution in [2.75, 3.05) is 0 Å². The van der Waals surface area contributed by atoms with Crippen molar-refractivity contribution >= 4 is 11.9 Å². The zero-order chi connectivity index (χ0) is 28.1. The van der Waals surface area contributed by atoms with E-state index in [2.05, 4.69) is 10.1 Å². The molecular weight excluding hydrogens is 509 g/mol. The van der Waals surface area contributed by atoms with Gasteiger partial charge < -0.3 is 14.8 Å². The van der Waals surface area contributed by atoms with Crippen LogP contribution in [0.5, 0.6) is 5.75 Å². The van der Waals surface area contributed by atoms with Gasteiger partial charge in [0.1, 0.15) is 23.0 Å². The molecule has 202 valence electrons. The largest absolute Gasteiger partial charge is 0.573 e. The summed E-state index contributed by atoms with van der Waals surface area (Å²) < 4.78 is 74.5. The van der Waals surface area contributed by atoms with E-state index in [0.29, 0.717) is 16.7 Å². The molecule has 0 aromatic heterocycles. The fraction of sp³-hybridized carbons (Fsp3) is 0.286. The molecule has 0 bridgehead atoms. The van der Waals surface area contributed by atoms with Gasteiger partial charge in [0.15, 0.2) is 5.78 Å². The number of carbonyl (C=O) groups is 2. The maximum absolute atomic E-state index is 14.0. The van der Waals surface area contributed by atoms with Gasteiger partial charge in [0, 0.05) is 6.42 Å². The van der Waals surface area contributed by atoms with Crippen molar-refractivity contribution in [1.82, 2.24) is 5.32 Å². The van der Waals surface area contributed by atoms with E-state index in [1.165, 1.54) is 24.3 Å². The van der Waals surface area contributed by atoms with Crippen LogP contribution >= 0.6 is 0 Å². The smallest absolute Gasteiger partial charge is 0.444 e. The number of halogens is 5. The molecule has 1 atom stereocenters. The first-order valence-corrected chi connectivity index (χ1v) is 11.6. The number of nitrogens with one attached hydrogen (secondary N) is 1. The highest BCUT2D eigenvalue weighted by Crippen LogP contribution is 2.29. The quantitative estimate of drug-likeness (QED) is 0.237. The van der Waals surface area contributed by atoms with E-state index in [-0.39, 0.29) is 18.6 Å². The van der Waals surface area contributed by atoms with Gasteiger partial charge in [-0.1, -0.05) is 42.5 Å². The second kappa shape index (κ2) is 11.6. The Hall–Kier alpha value is -3.95. The Labute approximate surface area is 216 Å². The lowest BCUT2D eigenvalue weighted by Gasteiger charge is -2.24. The van der Waals surface area contributed by atoms with Crippen LogP contribution in [0, 0.1) is 11.6 Å². The van der Waals surface area contributed by atoms with Crippen LogP contribution in [-0.2, 0) is 4.74 Å². The summed E-state index contributed by atoms with van der Waals surface area (Å²) in [6.07, 6.45) is -5.77. The summed E-state index contributed by atoms with van der Waals surface area (Å²) in [6, 6.07) is 14.5. The molecule has 3 aromatic carbocycles. The van der Waals surface area contributed by atoms with Crippen molar-refractivity contribution in [3.8, 4) is 16.9 Å². The van der Waals surface area contributed by atoms with Crippen molar-refractivity contribution in [1.29, 1.82) is 0 Å². The first kappa shape index (κ1) is 28.6. The summed E-state index contributed by atoms with van der Waals surface area (Å²) in [5.41, 5.74) is 0.447. The maximum Gasteiger partial charge on any atom is 0.573 e. The van der Waals surface area contributed by atoms with Crippen molar-refractivity contribution < 1.29 is 41.0 Å². The summed E-state index contributed by atoms with van der Waals surface area (Å²) in [5, 5.41) is 2.69. The first-order valence-electron chi connectivity index (χ1n) is 11.6. The van der Waals surface area contributed by atoms with E-state index < -0.39 is 47.1 Å². The number of hydrogen-bond donors (Lipinski definition) is 1. The Morgan fingerprint density at radius 2 is 1.37 bits per heavy atom. The van der Waals surface area contributed by atoms with Gasteiger partial charge in [-0.3, -0.25) is 4.79 Å². The Morgan fingerprint density at radius 1 is 0.842 bits per heavy atom. The summed E-state index contributed by atoms with van der Waals surface area (Å²) in [5.74, 6) is -3.05. The average molecular weight is 536 g/mol. The third-order valence-corrected chi connectivity index (χ3v) is 5.33. The molecule has 5 nitrogen and oxygen atoms in total. The summed E-state index contributed by atoms with van der Waals surface area (Å²) in [7, 11) is 0. The molecule has 0 saturated carbocycles. The third kappa shape index (κ3) is 8.29. The van der Waals surface area contributed by atoms with Gasteiger partial charge in [-0.2, -0.15) is 0 Å². The Balaban J connectivity index is 1.79. The molecule has 10 heteroatoms. The van der Waals surface area contributed by atoms with Gasteiger partial charge >= 0.3 is 12.5 Å². The van der Waals surface area contributed by atoms with Gasteiger partial charge in [0.2, 0.25) is 0 Å². The van der Waals surface area contributed by atoms with Gasteiger partial charge in [-0.25, -0.2) is 13.6 Å². The molecule has 0 aliphatic carbocycles. The molecule has 0 saturated heterocycles. The molecular formula is C28H26F5NO4. The number of ether oxygens (including phenoxy) is 2. The Kier molecular flexibility index (Phi) is 8.75. The van der Waals surface area contributed by atoms with E-state index in [1.807, 2.05) is 0 Å². The molecule has 0 radical (unpaired) electrons. The highest BCUT2D eigenvalue weighted by Gasteiger charge is 2.31. The predicted molar refractivity (Wildman–Crippen MR) is 131 cm³/mol. The van der Waals surface area contributed by atoms with Gasteiger partial charge in [-0.15, -0.1) is 13.2 Å². The molecule has 0 heterocycles. The summed E-state index contributed by atoms with van der Waals surface area (Å²) >= 11 is 0. The second-order valence-electron chi connectivity index (χ2n) is 9.45. The molecule has 0 aliphatic rings. The number of hydrogen-bond acceptors (Lipinski definition) is 4. The van der Waals surface area contributed by atoms with E-state index in [4.69, 9.17) is 4.74 Å². The molecule has 0 spiro atoms. The van der Waals surface area contributed by atoms with Crippen LogP contribution in [0.15, 0.2) is 66.7 Å². The number of ketones is 1. The topological polar surface area (TPSA) is 64.6 Å². The standard InChI is InChI=1S/C28H26F5NO4/c1-27(2,3)38-26(36)34-23(15-16-24(35)25-21(29)5-4-6-22(25)30)19-9-7-17(8-10-19)18-11-13-20(14-12-18)37-28(31,32)33/h4-14,23H,15-16H2,1-3H3,(H,34,36)/t23-/m1/s1. The lowest BCUT2D eigenvalue weighted by Crippen LogP contribution is -2.35. The Morgan fingerprint density at radius 3 is 1.87 bits per heavy atom. The number of amides is 1. The first-order chi connectivity index (χ1) is 17.7. The van der Waals surface area contributed by atoms with Gasteiger partial charge in [0.05, 0.1) is 11.6 Å². The zero-order valence-electron chi connectivity index (χ0n) is 20.9. The zero-order valence-corrected chi connectivity index (χ0v) is 20.9. The summed E-state index contributed by atoms with van der Waals surface area (Å²) in [6.45, 7) is 5.06. The predicted octanol–water partition coefficient (Wildman–Crippen LogP) is 7.76. The van der Waals surface area contributed by atoms with Crippen molar-refractivity contribution in [3.05, 3.63) is 89.5 Å². The van der Waals surface area contributed by atoms with E-state index in [9.17, 15) is 31.5 Å². The highest BCUT2D eigenvalue weighted by molar-refractivity contribution is 5.96. The van der Waals surface area contributed by atoms with Gasteiger partial charge in [-0.05, 0) is 68.1 Å². The van der Waals surface area contributed by atoms with Crippen LogP contribution in [0.2, 0.25) is 0 Å². The summed E-state index contributed by atoms with van der Waals surface area (Å²) in [4.78, 5) is 25.0. The number of carbonyl (C=O) groups excluding carboxylic acids is 2. The minimum Gasteiger partial charge on any atom is -0.444 e. The lowest BCUT2D eigenvalue weighted by atomic mass is 9.96. The van der Waals surface area contributed by atoms with Crippen LogP contribution in [0.4, 0.5) is 26.7 Å². The second-order valence-corrected chi connectivity index (χ2v) is 9.45. The molecule has 3 rings (SSSR count). The lowest BCUT2D eigenvalue weighted by molar-refractivity contribution is -0.274. The average Bonchev–Trinajstić information content (AvgIpc) is 2.80. The number of benzene rings is 3. The monoisotopic (exact) mass is 535 g/mol. The van der Waals surface area contributed by atoms with Crippen molar-refractivity contribution in [2.45, 2.75) is 51.6 Å². The van der Waals surface area contributed by atoms with Crippen LogP contribution < -0.4 is 10.1 Å². The molecule has 1 N–H and O–H groups in total. The number of Topliss-reactive ketones (excluding diaryl/α,β-unsaturated/α-hetero) is 1. The van der Waals surface area contributed by atoms with Crippen molar-refractivity contribution in [3.63, 3.8) is 0 Å². The molecule has 3 aromatic rings. The maximum atomic E-state index is 14.0. The highest BCUT2D eigenvalue weighted by atomic mass is 19.4. The third-order valence-electron chi connectivity index (χ3n) is 5.33. The SMILES string of the molecule is CC(C)(C)OC(=O)N[C@H](CCC(=O)c1c(F)cccc1F)c1ccc(-c2ccc(OC(F)(F)F)cc2)cc1. The van der Waals surface area contributed by atoms with Crippen molar-refractivity contribution in [2.24, 2.45) is 0 Å². The molecule has 0 aliphatic heterocycles. The minimum absolute atomic E-state index is 0.0225. The number of alkyl carbamates (subject to hydrolysis) is 1. The van der Waals surface area contributed by atoms with Crippen LogP contribution in [0.3, 0.4) is 0 Å². The van der Waals surface area contributed by atoms with E-state index in [0.717, 1.165) is 18.2 Å². The molecule has 0 unspecified atom stereocenters. The van der Waals surface area contributed by atoms with Crippen LogP contribution in [0.25, 0.3) is 11.1 Å². The van der Waals surface area contributed by atoms with E-state index >= 15 is 0 Å². The Bertz CT molecular complexity index is 1250. The normalized spacial score (nSPS) is 12.5. The fourth-order valence-electron chi connectivity index (χ4n) is 3.69. The molecule has 38 heavy (non-hydrogen) atoms.